The fourth-order valence-electron chi connectivity index (χ4n) is 7.65. The van der Waals surface area contributed by atoms with E-state index in [-0.39, 0.29) is 0 Å². The summed E-state index contributed by atoms with van der Waals surface area (Å²) in [6.07, 6.45) is 0. The highest BCUT2D eigenvalue weighted by Gasteiger charge is 2.26. The van der Waals surface area contributed by atoms with E-state index in [9.17, 15) is 0 Å². The number of benzene rings is 7. The second-order valence-electron chi connectivity index (χ2n) is 12.9. The molecule has 0 N–H and O–H groups in total. The van der Waals surface area contributed by atoms with Gasteiger partial charge in [0.2, 0.25) is 0 Å². The standard InChI is InChI=1S/C46H31N5/c1-30-28-29-41(50-37-24-12-8-20-33(37)34-21-9-13-25-38(34)50)42(43(30)51-39-26-14-10-22-35(39)36-23-11-15-27-40(36)51)46-48-44(31-16-4-2-5-17-31)47-45(49-46)32-18-6-3-7-19-32/h2-29H,1H3. The van der Waals surface area contributed by atoms with E-state index < -0.39 is 0 Å². The summed E-state index contributed by atoms with van der Waals surface area (Å²) in [6.45, 7) is 2.19. The third kappa shape index (κ3) is 4.59. The minimum Gasteiger partial charge on any atom is -0.308 e. The molecule has 3 heterocycles. The number of fused-ring (bicyclic) bond motifs is 6. The number of hydrogen-bond donors (Lipinski definition) is 0. The third-order valence-corrected chi connectivity index (χ3v) is 9.91. The van der Waals surface area contributed by atoms with Gasteiger partial charge in [-0.25, -0.2) is 15.0 Å². The van der Waals surface area contributed by atoms with Gasteiger partial charge in [-0.15, -0.1) is 0 Å². The van der Waals surface area contributed by atoms with Crippen molar-refractivity contribution in [3.05, 3.63) is 175 Å². The van der Waals surface area contributed by atoms with Gasteiger partial charge in [0.05, 0.1) is 39.0 Å². The SMILES string of the molecule is Cc1ccc(-n2c3ccccc3c3ccccc32)c(-c2nc(-c3ccccc3)nc(-c3ccccc3)n2)c1-n1c2ccccc2c2ccccc21. The Labute approximate surface area is 294 Å². The summed E-state index contributed by atoms with van der Waals surface area (Å²) >= 11 is 0. The summed E-state index contributed by atoms with van der Waals surface area (Å²) in [7, 11) is 0. The maximum absolute atomic E-state index is 5.35. The van der Waals surface area contributed by atoms with E-state index in [1.807, 2.05) is 36.4 Å². The van der Waals surface area contributed by atoms with E-state index in [0.29, 0.717) is 17.5 Å². The molecule has 0 radical (unpaired) electrons. The van der Waals surface area contributed by atoms with Crippen molar-refractivity contribution >= 4 is 43.6 Å². The lowest BCUT2D eigenvalue weighted by Crippen LogP contribution is -2.09. The van der Waals surface area contributed by atoms with Crippen LogP contribution in [0, 0.1) is 6.92 Å². The molecule has 7 aromatic carbocycles. The largest absolute Gasteiger partial charge is 0.308 e. The lowest BCUT2D eigenvalue weighted by Gasteiger charge is -2.21. The minimum atomic E-state index is 0.611. The molecule has 3 aromatic heterocycles. The zero-order valence-corrected chi connectivity index (χ0v) is 27.9. The fraction of sp³-hybridized carbons (Fsp3) is 0.0217. The first-order valence-corrected chi connectivity index (χ1v) is 17.2. The van der Waals surface area contributed by atoms with Gasteiger partial charge in [0.15, 0.2) is 17.5 Å². The summed E-state index contributed by atoms with van der Waals surface area (Å²) in [4.78, 5) is 15.8. The average Bonchev–Trinajstić information content (AvgIpc) is 3.71. The second-order valence-corrected chi connectivity index (χ2v) is 12.9. The predicted octanol–water partition coefficient (Wildman–Crippen LogP) is 11.4. The van der Waals surface area contributed by atoms with Crippen LogP contribution in [-0.2, 0) is 0 Å². The Balaban J connectivity index is 1.40. The van der Waals surface area contributed by atoms with E-state index in [4.69, 9.17) is 15.0 Å². The van der Waals surface area contributed by atoms with Crippen LogP contribution in [0.1, 0.15) is 5.56 Å². The zero-order valence-electron chi connectivity index (χ0n) is 27.9. The van der Waals surface area contributed by atoms with Gasteiger partial charge in [0.25, 0.3) is 0 Å². The lowest BCUT2D eigenvalue weighted by atomic mass is 10.0. The average molecular weight is 654 g/mol. The normalized spacial score (nSPS) is 11.6. The van der Waals surface area contributed by atoms with Crippen LogP contribution in [0.3, 0.4) is 0 Å². The van der Waals surface area contributed by atoms with Crippen LogP contribution in [0.2, 0.25) is 0 Å². The first-order valence-electron chi connectivity index (χ1n) is 17.2. The van der Waals surface area contributed by atoms with Crippen molar-refractivity contribution in [3.8, 4) is 45.5 Å². The summed E-state index contributed by atoms with van der Waals surface area (Å²) in [5.41, 5.74) is 10.5. The topological polar surface area (TPSA) is 48.5 Å². The molecule has 5 heteroatoms. The van der Waals surface area contributed by atoms with Crippen LogP contribution in [0.4, 0.5) is 0 Å². The van der Waals surface area contributed by atoms with Crippen molar-refractivity contribution in [3.63, 3.8) is 0 Å². The summed E-state index contributed by atoms with van der Waals surface area (Å²) in [5.74, 6) is 1.87. The van der Waals surface area contributed by atoms with Crippen LogP contribution in [0.15, 0.2) is 170 Å². The highest BCUT2D eigenvalue weighted by Crippen LogP contribution is 2.43. The van der Waals surface area contributed by atoms with E-state index in [1.165, 1.54) is 21.5 Å². The molecule has 0 fully saturated rings. The molecule has 0 saturated heterocycles. The van der Waals surface area contributed by atoms with Gasteiger partial charge < -0.3 is 9.13 Å². The van der Waals surface area contributed by atoms with Crippen molar-refractivity contribution in [2.24, 2.45) is 0 Å². The van der Waals surface area contributed by atoms with Crippen molar-refractivity contribution in [2.45, 2.75) is 6.92 Å². The fourth-order valence-corrected chi connectivity index (χ4v) is 7.65. The summed E-state index contributed by atoms with van der Waals surface area (Å²) in [5, 5.41) is 4.80. The molecule has 10 rings (SSSR count). The van der Waals surface area contributed by atoms with Gasteiger partial charge in [-0.3, -0.25) is 0 Å². The smallest absolute Gasteiger partial charge is 0.168 e. The molecule has 0 unspecified atom stereocenters. The van der Waals surface area contributed by atoms with Crippen molar-refractivity contribution < 1.29 is 0 Å². The molecule has 51 heavy (non-hydrogen) atoms. The molecule has 0 atom stereocenters. The zero-order chi connectivity index (χ0) is 33.9. The molecule has 0 amide bonds. The van der Waals surface area contributed by atoms with Crippen LogP contribution in [0.5, 0.6) is 0 Å². The van der Waals surface area contributed by atoms with E-state index in [0.717, 1.165) is 55.7 Å². The Morgan fingerprint density at radius 3 is 1.18 bits per heavy atom. The highest BCUT2D eigenvalue weighted by atomic mass is 15.1. The van der Waals surface area contributed by atoms with Crippen molar-refractivity contribution in [2.75, 3.05) is 0 Å². The quantitative estimate of drug-likeness (QED) is 0.186. The van der Waals surface area contributed by atoms with Crippen molar-refractivity contribution in [1.29, 1.82) is 0 Å². The van der Waals surface area contributed by atoms with Gasteiger partial charge in [0.1, 0.15) is 0 Å². The van der Waals surface area contributed by atoms with Gasteiger partial charge >= 0.3 is 0 Å². The van der Waals surface area contributed by atoms with E-state index in [1.54, 1.807) is 0 Å². The molecule has 0 bridgehead atoms. The predicted molar refractivity (Wildman–Crippen MR) is 210 cm³/mol. The van der Waals surface area contributed by atoms with Gasteiger partial charge in [-0.1, -0.05) is 140 Å². The second kappa shape index (κ2) is 11.6. The number of nitrogens with zero attached hydrogens (tertiary/aromatic N) is 5. The van der Waals surface area contributed by atoms with Gasteiger partial charge in [-0.05, 0) is 42.8 Å². The molecule has 0 aliphatic rings. The Bertz CT molecular complexity index is 2760. The van der Waals surface area contributed by atoms with Crippen LogP contribution < -0.4 is 0 Å². The number of para-hydroxylation sites is 4. The number of aryl methyl sites for hydroxylation is 1. The van der Waals surface area contributed by atoms with Crippen molar-refractivity contribution in [1.82, 2.24) is 24.1 Å². The van der Waals surface area contributed by atoms with E-state index in [2.05, 4.69) is 150 Å². The maximum Gasteiger partial charge on any atom is 0.168 e. The minimum absolute atomic E-state index is 0.611. The summed E-state index contributed by atoms with van der Waals surface area (Å²) in [6, 6.07) is 59.5. The summed E-state index contributed by atoms with van der Waals surface area (Å²) < 4.78 is 4.78. The molecule has 240 valence electrons. The third-order valence-electron chi connectivity index (χ3n) is 9.91. The molecule has 0 spiro atoms. The maximum atomic E-state index is 5.35. The monoisotopic (exact) mass is 653 g/mol. The molecule has 0 aliphatic carbocycles. The van der Waals surface area contributed by atoms with Crippen LogP contribution in [0.25, 0.3) is 89.2 Å². The van der Waals surface area contributed by atoms with Crippen LogP contribution >= 0.6 is 0 Å². The number of rotatable bonds is 5. The highest BCUT2D eigenvalue weighted by molar-refractivity contribution is 6.12. The number of aromatic nitrogens is 5. The Kier molecular flexibility index (Phi) is 6.64. The number of hydrogen-bond acceptors (Lipinski definition) is 3. The first kappa shape index (κ1) is 29.1. The molecule has 5 nitrogen and oxygen atoms in total. The molecular weight excluding hydrogens is 623 g/mol. The molecular formula is C46H31N5. The van der Waals surface area contributed by atoms with Crippen LogP contribution in [-0.4, -0.2) is 24.1 Å². The Morgan fingerprint density at radius 2 is 0.725 bits per heavy atom. The molecule has 0 saturated carbocycles. The molecule has 10 aromatic rings. The molecule has 0 aliphatic heterocycles. The Hall–Kier alpha value is -6.85. The Morgan fingerprint density at radius 1 is 0.353 bits per heavy atom. The van der Waals surface area contributed by atoms with Gasteiger partial charge in [-0.2, -0.15) is 0 Å². The van der Waals surface area contributed by atoms with E-state index >= 15 is 0 Å². The first-order chi connectivity index (χ1) is 25.2. The van der Waals surface area contributed by atoms with Gasteiger partial charge in [0, 0.05) is 32.7 Å². The lowest BCUT2D eigenvalue weighted by molar-refractivity contribution is 1.05.